The molecule has 0 aliphatic carbocycles. The number of thiophene rings is 1. The summed E-state index contributed by atoms with van der Waals surface area (Å²) in [6, 6.07) is 9.43. The number of carbonyl (C=O) groups is 1. The minimum atomic E-state index is -3.54. The van der Waals surface area contributed by atoms with Crippen LogP contribution in [-0.4, -0.2) is 30.2 Å². The van der Waals surface area contributed by atoms with Gasteiger partial charge in [-0.05, 0) is 30.0 Å². The van der Waals surface area contributed by atoms with Gasteiger partial charge in [-0.15, -0.1) is 11.3 Å². The molecule has 0 atom stereocenters. The summed E-state index contributed by atoms with van der Waals surface area (Å²) in [6.45, 7) is 2.62. The predicted molar refractivity (Wildman–Crippen MR) is 118 cm³/mol. The number of nitrogens with zero attached hydrogens (tertiary/aromatic N) is 2. The number of carbonyl (C=O) groups excluding carboxylic acids is 1. The summed E-state index contributed by atoms with van der Waals surface area (Å²) in [7, 11) is -3.54. The fraction of sp³-hybridized carbons (Fsp3) is 0.200. The van der Waals surface area contributed by atoms with Gasteiger partial charge in [-0.1, -0.05) is 29.8 Å². The molecule has 9 heteroatoms. The molecule has 29 heavy (non-hydrogen) atoms. The Hall–Kier alpha value is -2.33. The summed E-state index contributed by atoms with van der Waals surface area (Å²) in [5, 5.41) is 8.17. The Morgan fingerprint density at radius 1 is 1.24 bits per heavy atom. The van der Waals surface area contributed by atoms with E-state index < -0.39 is 10.0 Å². The van der Waals surface area contributed by atoms with Gasteiger partial charge in [0.1, 0.15) is 0 Å². The number of aryl methyl sites for hydroxylation is 1. The van der Waals surface area contributed by atoms with Crippen LogP contribution in [-0.2, 0) is 23.0 Å². The first-order valence-corrected chi connectivity index (χ1v) is 12.2. The number of nitrogens with one attached hydrogen (secondary N) is 1. The number of amides is 1. The smallest absolute Gasteiger partial charge is 0.258 e. The van der Waals surface area contributed by atoms with E-state index in [1.54, 1.807) is 17.5 Å². The number of rotatable bonds is 5. The van der Waals surface area contributed by atoms with Gasteiger partial charge in [-0.2, -0.15) is 15.6 Å². The molecule has 1 N–H and O–H groups in total. The average molecular weight is 446 g/mol. The lowest BCUT2D eigenvalue weighted by atomic mass is 10.2. The molecule has 1 amide bonds. The molecule has 0 saturated heterocycles. The molecule has 2 aromatic heterocycles. The van der Waals surface area contributed by atoms with Gasteiger partial charge < -0.3 is 0 Å². The van der Waals surface area contributed by atoms with E-state index in [0.29, 0.717) is 23.7 Å². The summed E-state index contributed by atoms with van der Waals surface area (Å²) in [6.07, 6.45) is 2.14. The highest BCUT2D eigenvalue weighted by atomic mass is 32.2. The average Bonchev–Trinajstić information content (AvgIpc) is 3.36. The molecule has 0 radical (unpaired) electrons. The SMILES string of the molecule is Cc1ccc(/C=C/S(=O)(=O)N2CCc3nc(NC(=O)c4ccsc4)sc3C2)cc1. The van der Waals surface area contributed by atoms with Crippen molar-refractivity contribution in [2.24, 2.45) is 0 Å². The van der Waals surface area contributed by atoms with Crippen LogP contribution in [0.3, 0.4) is 0 Å². The van der Waals surface area contributed by atoms with Crippen molar-refractivity contribution in [3.8, 4) is 0 Å². The van der Waals surface area contributed by atoms with Crippen molar-refractivity contribution in [1.82, 2.24) is 9.29 Å². The van der Waals surface area contributed by atoms with E-state index in [0.717, 1.165) is 21.7 Å². The largest absolute Gasteiger partial charge is 0.298 e. The Morgan fingerprint density at radius 3 is 2.76 bits per heavy atom. The zero-order chi connectivity index (χ0) is 20.4. The molecule has 3 aromatic rings. The third-order valence-corrected chi connectivity index (χ3v) is 7.76. The Labute approximate surface area is 177 Å². The molecule has 0 fully saturated rings. The highest BCUT2D eigenvalue weighted by Crippen LogP contribution is 2.30. The standard InChI is InChI=1S/C20H19N3O3S3/c1-14-2-4-15(5-3-14)8-11-29(25,26)23-9-6-17-18(12-23)28-20(21-17)22-19(24)16-7-10-27-13-16/h2-5,7-8,10-11,13H,6,9,12H2,1H3,(H,21,22,24)/b11-8+. The summed E-state index contributed by atoms with van der Waals surface area (Å²) in [5.74, 6) is -0.206. The van der Waals surface area contributed by atoms with Gasteiger partial charge in [0.05, 0.1) is 17.8 Å². The molecule has 6 nitrogen and oxygen atoms in total. The first-order valence-electron chi connectivity index (χ1n) is 8.98. The van der Waals surface area contributed by atoms with Gasteiger partial charge >= 0.3 is 0 Å². The number of fused-ring (bicyclic) bond motifs is 1. The normalized spacial score (nSPS) is 14.8. The van der Waals surface area contributed by atoms with Crippen LogP contribution in [0.25, 0.3) is 6.08 Å². The predicted octanol–water partition coefficient (Wildman–Crippen LogP) is 4.12. The molecule has 1 aliphatic heterocycles. The lowest BCUT2D eigenvalue weighted by molar-refractivity contribution is 0.102. The van der Waals surface area contributed by atoms with Crippen molar-refractivity contribution in [3.05, 3.63) is 73.8 Å². The number of benzene rings is 1. The van der Waals surface area contributed by atoms with Gasteiger partial charge in [0.2, 0.25) is 10.0 Å². The minimum Gasteiger partial charge on any atom is -0.298 e. The fourth-order valence-electron chi connectivity index (χ4n) is 2.93. The van der Waals surface area contributed by atoms with Crippen LogP contribution in [0, 0.1) is 6.92 Å². The van der Waals surface area contributed by atoms with Crippen LogP contribution >= 0.6 is 22.7 Å². The molecule has 1 aromatic carbocycles. The maximum Gasteiger partial charge on any atom is 0.258 e. The molecule has 1 aliphatic rings. The minimum absolute atomic E-state index is 0.206. The second kappa shape index (κ2) is 8.19. The molecule has 150 valence electrons. The van der Waals surface area contributed by atoms with E-state index in [2.05, 4.69) is 10.3 Å². The second-order valence-corrected chi connectivity index (χ2v) is 10.4. The quantitative estimate of drug-likeness (QED) is 0.641. The van der Waals surface area contributed by atoms with Crippen LogP contribution in [0.4, 0.5) is 5.13 Å². The maximum atomic E-state index is 12.7. The van der Waals surface area contributed by atoms with Gasteiger partial charge in [-0.25, -0.2) is 13.4 Å². The first kappa shape index (κ1) is 20.0. The van der Waals surface area contributed by atoms with Crippen molar-refractivity contribution in [3.63, 3.8) is 0 Å². The molecule has 0 spiro atoms. The van der Waals surface area contributed by atoms with Crippen LogP contribution in [0.5, 0.6) is 0 Å². The number of sulfonamides is 1. The number of aromatic nitrogens is 1. The van der Waals surface area contributed by atoms with Crippen molar-refractivity contribution >= 4 is 49.8 Å². The van der Waals surface area contributed by atoms with Crippen molar-refractivity contribution in [2.75, 3.05) is 11.9 Å². The Balaban J connectivity index is 1.45. The van der Waals surface area contributed by atoms with Crippen LogP contribution in [0.2, 0.25) is 0 Å². The first-order chi connectivity index (χ1) is 13.9. The van der Waals surface area contributed by atoms with Crippen LogP contribution in [0.1, 0.15) is 32.1 Å². The van der Waals surface area contributed by atoms with Crippen LogP contribution < -0.4 is 5.32 Å². The summed E-state index contributed by atoms with van der Waals surface area (Å²) < 4.78 is 26.9. The van der Waals surface area contributed by atoms with Gasteiger partial charge in [0.15, 0.2) is 5.13 Å². The van der Waals surface area contributed by atoms with E-state index in [1.165, 1.54) is 32.4 Å². The molecule has 4 rings (SSSR count). The third-order valence-electron chi connectivity index (χ3n) is 4.57. The zero-order valence-electron chi connectivity index (χ0n) is 15.7. The van der Waals surface area contributed by atoms with Crippen LogP contribution in [0.15, 0.2) is 46.5 Å². The topological polar surface area (TPSA) is 79.4 Å². The molecule has 0 saturated carbocycles. The van der Waals surface area contributed by atoms with Gasteiger partial charge in [-0.3, -0.25) is 10.1 Å². The van der Waals surface area contributed by atoms with E-state index >= 15 is 0 Å². The number of anilines is 1. The maximum absolute atomic E-state index is 12.7. The molecule has 3 heterocycles. The summed E-state index contributed by atoms with van der Waals surface area (Å²) >= 11 is 2.78. The third kappa shape index (κ3) is 4.64. The van der Waals surface area contributed by atoms with E-state index in [4.69, 9.17) is 0 Å². The van der Waals surface area contributed by atoms with E-state index in [1.807, 2.05) is 36.6 Å². The summed E-state index contributed by atoms with van der Waals surface area (Å²) in [5.41, 5.74) is 3.41. The fourth-order valence-corrected chi connectivity index (χ4v) is 5.83. The van der Waals surface area contributed by atoms with E-state index in [-0.39, 0.29) is 12.5 Å². The van der Waals surface area contributed by atoms with E-state index in [9.17, 15) is 13.2 Å². The van der Waals surface area contributed by atoms with Crippen molar-refractivity contribution in [1.29, 1.82) is 0 Å². The second-order valence-electron chi connectivity index (χ2n) is 6.70. The Kier molecular flexibility index (Phi) is 5.64. The summed E-state index contributed by atoms with van der Waals surface area (Å²) in [4.78, 5) is 17.5. The molecule has 0 bridgehead atoms. The van der Waals surface area contributed by atoms with Crippen molar-refractivity contribution < 1.29 is 13.2 Å². The van der Waals surface area contributed by atoms with Gasteiger partial charge in [0, 0.05) is 28.6 Å². The Morgan fingerprint density at radius 2 is 2.03 bits per heavy atom. The monoisotopic (exact) mass is 445 g/mol. The Bertz CT molecular complexity index is 1150. The number of hydrogen-bond acceptors (Lipinski definition) is 6. The highest BCUT2D eigenvalue weighted by Gasteiger charge is 2.28. The lowest BCUT2D eigenvalue weighted by Gasteiger charge is -2.23. The highest BCUT2D eigenvalue weighted by molar-refractivity contribution is 7.92. The molecule has 0 unspecified atom stereocenters. The van der Waals surface area contributed by atoms with Gasteiger partial charge in [0.25, 0.3) is 5.91 Å². The molecular weight excluding hydrogens is 426 g/mol. The number of hydrogen-bond donors (Lipinski definition) is 1. The number of thiazole rings is 1. The van der Waals surface area contributed by atoms with Crippen molar-refractivity contribution in [2.45, 2.75) is 19.9 Å². The molecular formula is C20H19N3O3S3. The lowest BCUT2D eigenvalue weighted by Crippen LogP contribution is -2.34. The zero-order valence-corrected chi connectivity index (χ0v) is 18.1.